The van der Waals surface area contributed by atoms with E-state index in [0.717, 1.165) is 51.4 Å². The molecule has 0 fully saturated rings. The average molecular weight is 1040 g/mol. The molecule has 0 aliphatic heterocycles. The first-order valence-electron chi connectivity index (χ1n) is 33.2. The largest absolute Gasteiger partial charge is 0.466 e. The maximum atomic E-state index is 12.5. The fourth-order valence-electron chi connectivity index (χ4n) is 10.3. The van der Waals surface area contributed by atoms with Gasteiger partial charge in [0.25, 0.3) is 0 Å². The maximum absolute atomic E-state index is 12.5. The molecule has 0 saturated carbocycles. The second-order valence-electron chi connectivity index (χ2n) is 22.8. The average Bonchev–Trinajstić information content (AvgIpc) is 3.40. The number of aliphatic hydroxyl groups excluding tert-OH is 2. The highest BCUT2D eigenvalue weighted by Gasteiger charge is 2.20. The van der Waals surface area contributed by atoms with Gasteiger partial charge in [-0.3, -0.25) is 9.59 Å². The normalized spacial score (nSPS) is 12.8. The first-order chi connectivity index (χ1) is 36.5. The van der Waals surface area contributed by atoms with Crippen molar-refractivity contribution in [2.75, 3.05) is 13.2 Å². The molecule has 0 aliphatic carbocycles. The Bertz CT molecular complexity index is 1200. The lowest BCUT2D eigenvalue weighted by Gasteiger charge is -2.22. The summed E-state index contributed by atoms with van der Waals surface area (Å²) in [4.78, 5) is 24.6. The van der Waals surface area contributed by atoms with E-state index < -0.39 is 12.1 Å². The van der Waals surface area contributed by atoms with Crippen LogP contribution in [0.3, 0.4) is 0 Å². The van der Waals surface area contributed by atoms with Crippen molar-refractivity contribution in [3.8, 4) is 0 Å². The van der Waals surface area contributed by atoms with Crippen molar-refractivity contribution in [1.82, 2.24) is 5.32 Å². The fraction of sp³-hybridized carbons (Fsp3) is 0.882. The first kappa shape index (κ1) is 72.1. The maximum Gasteiger partial charge on any atom is 0.305 e. The van der Waals surface area contributed by atoms with Crippen LogP contribution >= 0.6 is 0 Å². The van der Waals surface area contributed by atoms with Gasteiger partial charge < -0.3 is 20.3 Å². The summed E-state index contributed by atoms with van der Waals surface area (Å²) in [5.74, 6) is -0.0273. The number of hydrogen-bond donors (Lipinski definition) is 3. The van der Waals surface area contributed by atoms with Crippen LogP contribution in [0.4, 0.5) is 0 Å². The van der Waals surface area contributed by atoms with Gasteiger partial charge in [0, 0.05) is 12.8 Å². The Labute approximate surface area is 462 Å². The highest BCUT2D eigenvalue weighted by Crippen LogP contribution is 2.18. The molecule has 2 atom stereocenters. The van der Waals surface area contributed by atoms with Gasteiger partial charge in [-0.2, -0.15) is 0 Å². The van der Waals surface area contributed by atoms with E-state index in [1.54, 1.807) is 0 Å². The van der Waals surface area contributed by atoms with E-state index >= 15 is 0 Å². The lowest BCUT2D eigenvalue weighted by Crippen LogP contribution is -2.45. The third kappa shape index (κ3) is 59.3. The smallest absolute Gasteiger partial charge is 0.305 e. The van der Waals surface area contributed by atoms with Crippen LogP contribution in [0, 0.1) is 0 Å². The monoisotopic (exact) mass is 1040 g/mol. The van der Waals surface area contributed by atoms with E-state index in [1.165, 1.54) is 276 Å². The number of amides is 1. The van der Waals surface area contributed by atoms with E-state index in [-0.39, 0.29) is 18.5 Å². The molecule has 0 aromatic carbocycles. The van der Waals surface area contributed by atoms with Crippen LogP contribution < -0.4 is 5.32 Å². The molecule has 0 aromatic heterocycles. The molecular formula is C68H129NO5. The third-order valence-corrected chi connectivity index (χ3v) is 15.4. The van der Waals surface area contributed by atoms with Crippen LogP contribution in [0.15, 0.2) is 36.5 Å². The molecule has 3 N–H and O–H groups in total. The molecule has 2 unspecified atom stereocenters. The van der Waals surface area contributed by atoms with Gasteiger partial charge in [-0.1, -0.05) is 301 Å². The van der Waals surface area contributed by atoms with Crippen LogP contribution in [0.5, 0.6) is 0 Å². The SMILES string of the molecule is CCCCCC/C=C\C/C=C\CCCCCCCCCC(=O)OCCCCCCCCCCCCCC/C=C\CCCCCCCCCCCCCC(=O)NC(CO)C(O)CCCCCCCCCCCCCC. The van der Waals surface area contributed by atoms with Crippen molar-refractivity contribution < 1.29 is 24.5 Å². The van der Waals surface area contributed by atoms with Gasteiger partial charge in [0.15, 0.2) is 0 Å². The number of nitrogens with one attached hydrogen (secondary N) is 1. The minimum atomic E-state index is -0.664. The van der Waals surface area contributed by atoms with Crippen molar-refractivity contribution in [2.45, 2.75) is 373 Å². The molecule has 6 nitrogen and oxygen atoms in total. The Hall–Kier alpha value is -1.92. The standard InChI is InChI=1S/C68H129NO5/c1-3-5-7-9-11-13-15-17-18-19-32-35-38-42-46-50-54-58-62-68(73)74-63-59-55-51-47-43-39-36-33-30-28-26-24-22-20-21-23-25-27-29-31-34-37-41-45-49-53-57-61-67(72)69-65(64-70)66(71)60-56-52-48-44-40-16-14-12-10-8-6-4-2/h13,15,18-21,65-66,70-71H,3-12,14,16-17,22-64H2,1-2H3,(H,69,72)/b15-13-,19-18-,21-20-. The molecule has 6 heteroatoms. The summed E-state index contributed by atoms with van der Waals surface area (Å²) in [6.07, 6.45) is 80.3. The highest BCUT2D eigenvalue weighted by molar-refractivity contribution is 5.76. The summed E-state index contributed by atoms with van der Waals surface area (Å²) in [5, 5.41) is 23.2. The Morgan fingerprint density at radius 3 is 1.05 bits per heavy atom. The molecule has 0 bridgehead atoms. The van der Waals surface area contributed by atoms with Crippen molar-refractivity contribution in [1.29, 1.82) is 0 Å². The molecule has 0 aliphatic rings. The molecule has 74 heavy (non-hydrogen) atoms. The molecule has 0 heterocycles. The predicted molar refractivity (Wildman–Crippen MR) is 324 cm³/mol. The van der Waals surface area contributed by atoms with E-state index in [2.05, 4.69) is 55.6 Å². The van der Waals surface area contributed by atoms with Crippen LogP contribution in [-0.4, -0.2) is 47.4 Å². The first-order valence-corrected chi connectivity index (χ1v) is 33.2. The van der Waals surface area contributed by atoms with Gasteiger partial charge in [0.1, 0.15) is 0 Å². The van der Waals surface area contributed by atoms with Crippen LogP contribution in [0.1, 0.15) is 361 Å². The Balaban J connectivity index is 3.36. The Morgan fingerprint density at radius 2 is 0.676 bits per heavy atom. The van der Waals surface area contributed by atoms with Crippen molar-refractivity contribution in [2.24, 2.45) is 0 Å². The van der Waals surface area contributed by atoms with E-state index in [9.17, 15) is 19.8 Å². The highest BCUT2D eigenvalue weighted by atomic mass is 16.5. The summed E-state index contributed by atoms with van der Waals surface area (Å²) in [5.41, 5.74) is 0. The summed E-state index contributed by atoms with van der Waals surface area (Å²) < 4.78 is 5.50. The minimum absolute atomic E-state index is 0.00795. The van der Waals surface area contributed by atoms with Crippen molar-refractivity contribution in [3.63, 3.8) is 0 Å². The van der Waals surface area contributed by atoms with Gasteiger partial charge >= 0.3 is 5.97 Å². The number of carbonyl (C=O) groups excluding carboxylic acids is 2. The number of rotatable bonds is 62. The van der Waals surface area contributed by atoms with Crippen LogP contribution in [0.2, 0.25) is 0 Å². The minimum Gasteiger partial charge on any atom is -0.466 e. The summed E-state index contributed by atoms with van der Waals surface area (Å²) in [6.45, 7) is 4.95. The number of carbonyl (C=O) groups is 2. The zero-order valence-corrected chi connectivity index (χ0v) is 49.8. The van der Waals surface area contributed by atoms with Gasteiger partial charge in [-0.15, -0.1) is 0 Å². The van der Waals surface area contributed by atoms with Crippen LogP contribution in [-0.2, 0) is 14.3 Å². The predicted octanol–water partition coefficient (Wildman–Crippen LogP) is 21.1. The molecule has 436 valence electrons. The molecule has 0 saturated heterocycles. The number of esters is 1. The lowest BCUT2D eigenvalue weighted by atomic mass is 10.0. The molecule has 1 amide bonds. The summed E-state index contributed by atoms with van der Waals surface area (Å²) in [7, 11) is 0. The van der Waals surface area contributed by atoms with Gasteiger partial charge in [0.05, 0.1) is 25.4 Å². The molecule has 0 radical (unpaired) electrons. The van der Waals surface area contributed by atoms with Crippen molar-refractivity contribution in [3.05, 3.63) is 36.5 Å². The molecule has 0 aromatic rings. The van der Waals surface area contributed by atoms with Gasteiger partial charge in [0.2, 0.25) is 5.91 Å². The topological polar surface area (TPSA) is 95.9 Å². The quantitative estimate of drug-likeness (QED) is 0.0320. The number of aliphatic hydroxyl groups is 2. The second kappa shape index (κ2) is 63.6. The second-order valence-corrected chi connectivity index (χ2v) is 22.8. The zero-order chi connectivity index (χ0) is 53.6. The molecule has 0 rings (SSSR count). The van der Waals surface area contributed by atoms with E-state index in [0.29, 0.717) is 25.9 Å². The zero-order valence-electron chi connectivity index (χ0n) is 49.8. The lowest BCUT2D eigenvalue weighted by molar-refractivity contribution is -0.143. The summed E-state index contributed by atoms with van der Waals surface area (Å²) >= 11 is 0. The summed E-state index contributed by atoms with van der Waals surface area (Å²) in [6, 6.07) is -0.541. The van der Waals surface area contributed by atoms with Crippen LogP contribution in [0.25, 0.3) is 0 Å². The number of unbranched alkanes of at least 4 members (excludes halogenated alkanes) is 45. The number of ether oxygens (including phenoxy) is 1. The Kier molecular flexibility index (Phi) is 62.0. The Morgan fingerprint density at radius 1 is 0.378 bits per heavy atom. The fourth-order valence-corrected chi connectivity index (χ4v) is 10.3. The third-order valence-electron chi connectivity index (χ3n) is 15.4. The van der Waals surface area contributed by atoms with E-state index in [4.69, 9.17) is 4.74 Å². The van der Waals surface area contributed by atoms with Gasteiger partial charge in [-0.25, -0.2) is 0 Å². The molecular weight excluding hydrogens is 911 g/mol. The molecule has 0 spiro atoms. The van der Waals surface area contributed by atoms with E-state index in [1.807, 2.05) is 0 Å². The number of hydrogen-bond acceptors (Lipinski definition) is 5. The number of allylic oxidation sites excluding steroid dienone is 6. The van der Waals surface area contributed by atoms with Gasteiger partial charge in [-0.05, 0) is 83.5 Å². The van der Waals surface area contributed by atoms with Crippen molar-refractivity contribution >= 4 is 11.9 Å².